The van der Waals surface area contributed by atoms with Crippen molar-refractivity contribution >= 4 is 41.7 Å². The molecule has 0 unspecified atom stereocenters. The third-order valence-electron chi connectivity index (χ3n) is 4.37. The van der Waals surface area contributed by atoms with Gasteiger partial charge in [-0.25, -0.2) is 0 Å². The fourth-order valence-electron chi connectivity index (χ4n) is 2.92. The number of benzene rings is 1. The van der Waals surface area contributed by atoms with E-state index < -0.39 is 0 Å². The summed E-state index contributed by atoms with van der Waals surface area (Å²) in [6.07, 6.45) is 3.72. The molecule has 3 rings (SSSR count). The Labute approximate surface area is 176 Å². The van der Waals surface area contributed by atoms with Crippen LogP contribution in [-0.4, -0.2) is 60.4 Å². The van der Waals surface area contributed by atoms with Crippen LogP contribution in [0.15, 0.2) is 51.0 Å². The van der Waals surface area contributed by atoms with Crippen LogP contribution in [0.5, 0.6) is 0 Å². The Balaban J connectivity index is 0.00000243. The summed E-state index contributed by atoms with van der Waals surface area (Å²) in [5.74, 6) is 0.968. The quantitative estimate of drug-likeness (QED) is 0.303. The average Bonchev–Trinajstić information content (AvgIpc) is 3.17. The molecule has 0 radical (unpaired) electrons. The van der Waals surface area contributed by atoms with E-state index in [1.54, 1.807) is 18.0 Å². The summed E-state index contributed by atoms with van der Waals surface area (Å²) in [6, 6.07) is 10.6. The average molecular weight is 487 g/mol. The second kappa shape index (κ2) is 10.8. The van der Waals surface area contributed by atoms with Crippen LogP contribution in [-0.2, 0) is 13.1 Å². The first-order valence-corrected chi connectivity index (χ1v) is 9.71. The van der Waals surface area contributed by atoms with Gasteiger partial charge in [0.05, 0.1) is 5.69 Å². The zero-order valence-electron chi connectivity index (χ0n) is 15.2. The van der Waals surface area contributed by atoms with Crippen LogP contribution in [0, 0.1) is 0 Å². The fourth-order valence-corrected chi connectivity index (χ4v) is 3.33. The number of rotatable bonds is 5. The number of halogens is 1. The van der Waals surface area contributed by atoms with E-state index in [0.29, 0.717) is 0 Å². The van der Waals surface area contributed by atoms with Gasteiger partial charge in [0.15, 0.2) is 5.96 Å². The molecule has 142 valence electrons. The number of thioether (sulfide) groups is 1. The predicted octanol–water partition coefficient (Wildman–Crippen LogP) is 2.91. The predicted molar refractivity (Wildman–Crippen MR) is 117 cm³/mol. The second-order valence-electron chi connectivity index (χ2n) is 6.00. The minimum absolute atomic E-state index is 0. The molecule has 2 aromatic rings. The molecule has 2 heterocycles. The van der Waals surface area contributed by atoms with Gasteiger partial charge in [-0.2, -0.15) is 0 Å². The molecule has 0 aliphatic carbocycles. The largest absolute Gasteiger partial charge is 0.364 e. The van der Waals surface area contributed by atoms with Crippen LogP contribution in [0.4, 0.5) is 0 Å². The Hall–Kier alpha value is -1.26. The van der Waals surface area contributed by atoms with Crippen LogP contribution in [0.1, 0.15) is 11.3 Å². The van der Waals surface area contributed by atoms with Crippen LogP contribution in [0.2, 0.25) is 0 Å². The third kappa shape index (κ3) is 5.88. The first-order chi connectivity index (χ1) is 12.3. The maximum atomic E-state index is 4.90. The van der Waals surface area contributed by atoms with E-state index in [9.17, 15) is 0 Å². The van der Waals surface area contributed by atoms with Crippen molar-refractivity contribution in [3.63, 3.8) is 0 Å². The van der Waals surface area contributed by atoms with Gasteiger partial charge in [0.1, 0.15) is 6.26 Å². The van der Waals surface area contributed by atoms with Crippen molar-refractivity contribution in [1.82, 2.24) is 20.3 Å². The first kappa shape index (κ1) is 21.0. The Bertz CT molecular complexity index is 669. The minimum atomic E-state index is 0. The maximum absolute atomic E-state index is 4.90. The van der Waals surface area contributed by atoms with Gasteiger partial charge in [-0.15, -0.1) is 35.7 Å². The van der Waals surface area contributed by atoms with Gasteiger partial charge in [-0.05, 0) is 24.0 Å². The van der Waals surface area contributed by atoms with E-state index in [2.05, 4.69) is 55.8 Å². The summed E-state index contributed by atoms with van der Waals surface area (Å²) < 4.78 is 4.90. The molecule has 0 atom stereocenters. The molecule has 0 saturated carbocycles. The number of piperazine rings is 1. The van der Waals surface area contributed by atoms with Crippen LogP contribution < -0.4 is 5.32 Å². The normalized spacial score (nSPS) is 15.6. The van der Waals surface area contributed by atoms with Gasteiger partial charge in [-0.3, -0.25) is 9.89 Å². The SMILES string of the molecule is CN=C(NCc1ccc(SC)cc1)N1CCN(Cc2ccon2)CC1.I. The lowest BCUT2D eigenvalue weighted by Crippen LogP contribution is -2.52. The molecule has 1 saturated heterocycles. The van der Waals surface area contributed by atoms with Crippen LogP contribution in [0.25, 0.3) is 0 Å². The van der Waals surface area contributed by atoms with Crippen molar-refractivity contribution in [2.24, 2.45) is 4.99 Å². The van der Waals surface area contributed by atoms with E-state index in [-0.39, 0.29) is 24.0 Å². The molecule has 1 fully saturated rings. The van der Waals surface area contributed by atoms with Crippen molar-refractivity contribution in [3.05, 3.63) is 47.9 Å². The van der Waals surface area contributed by atoms with Crippen molar-refractivity contribution in [2.75, 3.05) is 39.5 Å². The molecule has 1 N–H and O–H groups in total. The summed E-state index contributed by atoms with van der Waals surface area (Å²) in [5.41, 5.74) is 2.26. The number of aromatic nitrogens is 1. The lowest BCUT2D eigenvalue weighted by molar-refractivity contribution is 0.169. The molecular formula is C18H26IN5OS. The zero-order chi connectivity index (χ0) is 17.5. The third-order valence-corrected chi connectivity index (χ3v) is 5.11. The molecule has 1 aromatic heterocycles. The van der Waals surface area contributed by atoms with E-state index in [4.69, 9.17) is 4.52 Å². The highest BCUT2D eigenvalue weighted by Crippen LogP contribution is 2.15. The van der Waals surface area contributed by atoms with Gasteiger partial charge in [0, 0.05) is 57.3 Å². The maximum Gasteiger partial charge on any atom is 0.194 e. The second-order valence-corrected chi connectivity index (χ2v) is 6.88. The smallest absolute Gasteiger partial charge is 0.194 e. The summed E-state index contributed by atoms with van der Waals surface area (Å²) >= 11 is 1.76. The molecular weight excluding hydrogens is 461 g/mol. The summed E-state index contributed by atoms with van der Waals surface area (Å²) in [7, 11) is 1.85. The first-order valence-electron chi connectivity index (χ1n) is 8.48. The summed E-state index contributed by atoms with van der Waals surface area (Å²) in [6.45, 7) is 5.55. The lowest BCUT2D eigenvalue weighted by atomic mass is 10.2. The van der Waals surface area contributed by atoms with Gasteiger partial charge < -0.3 is 14.7 Å². The molecule has 1 aliphatic heterocycles. The monoisotopic (exact) mass is 487 g/mol. The topological polar surface area (TPSA) is 56.9 Å². The number of hydrogen-bond acceptors (Lipinski definition) is 5. The van der Waals surface area contributed by atoms with Crippen molar-refractivity contribution < 1.29 is 4.52 Å². The standard InChI is InChI=1S/C18H25N5OS.HI/c1-19-18(20-13-15-3-5-17(25-2)6-4-15)23-10-8-22(9-11-23)14-16-7-12-24-21-16;/h3-7,12H,8-11,13-14H2,1-2H3,(H,19,20);1H. The van der Waals surface area contributed by atoms with E-state index in [1.807, 2.05) is 13.1 Å². The van der Waals surface area contributed by atoms with Gasteiger partial charge in [-0.1, -0.05) is 17.3 Å². The van der Waals surface area contributed by atoms with Crippen molar-refractivity contribution in [1.29, 1.82) is 0 Å². The highest BCUT2D eigenvalue weighted by molar-refractivity contribution is 14.0. The van der Waals surface area contributed by atoms with E-state index in [0.717, 1.165) is 50.9 Å². The van der Waals surface area contributed by atoms with Crippen molar-refractivity contribution in [3.8, 4) is 0 Å². The number of aliphatic imine (C=N–C) groups is 1. The zero-order valence-corrected chi connectivity index (χ0v) is 18.4. The number of guanidine groups is 1. The highest BCUT2D eigenvalue weighted by atomic mass is 127. The van der Waals surface area contributed by atoms with E-state index >= 15 is 0 Å². The molecule has 26 heavy (non-hydrogen) atoms. The lowest BCUT2D eigenvalue weighted by Gasteiger charge is -2.36. The fraction of sp³-hybridized carbons (Fsp3) is 0.444. The number of nitrogens with one attached hydrogen (secondary N) is 1. The molecule has 1 aromatic carbocycles. The molecule has 0 spiro atoms. The molecule has 6 nitrogen and oxygen atoms in total. The minimum Gasteiger partial charge on any atom is -0.364 e. The Morgan fingerprint density at radius 1 is 1.19 bits per heavy atom. The molecule has 1 aliphatic rings. The summed E-state index contributed by atoms with van der Waals surface area (Å²) in [5, 5.41) is 7.46. The summed E-state index contributed by atoms with van der Waals surface area (Å²) in [4.78, 5) is 10.4. The van der Waals surface area contributed by atoms with Crippen molar-refractivity contribution in [2.45, 2.75) is 18.0 Å². The Morgan fingerprint density at radius 3 is 2.50 bits per heavy atom. The number of nitrogens with zero attached hydrogens (tertiary/aromatic N) is 4. The highest BCUT2D eigenvalue weighted by Gasteiger charge is 2.20. The van der Waals surface area contributed by atoms with Crippen LogP contribution >= 0.6 is 35.7 Å². The van der Waals surface area contributed by atoms with Gasteiger partial charge >= 0.3 is 0 Å². The van der Waals surface area contributed by atoms with Gasteiger partial charge in [0.2, 0.25) is 0 Å². The number of hydrogen-bond donors (Lipinski definition) is 1. The van der Waals surface area contributed by atoms with Gasteiger partial charge in [0.25, 0.3) is 0 Å². The molecule has 0 amide bonds. The van der Waals surface area contributed by atoms with E-state index in [1.165, 1.54) is 10.5 Å². The van der Waals surface area contributed by atoms with Crippen LogP contribution in [0.3, 0.4) is 0 Å². The Morgan fingerprint density at radius 2 is 1.92 bits per heavy atom. The Kier molecular flexibility index (Phi) is 8.73. The molecule has 8 heteroatoms. The molecule has 0 bridgehead atoms.